The zero-order valence-corrected chi connectivity index (χ0v) is 19.4. The molecule has 0 spiro atoms. The van der Waals surface area contributed by atoms with Crippen LogP contribution in [0.4, 0.5) is 11.4 Å². The molecule has 3 aromatic carbocycles. The summed E-state index contributed by atoms with van der Waals surface area (Å²) in [7, 11) is 3.06. The molecule has 168 valence electrons. The van der Waals surface area contributed by atoms with Crippen molar-refractivity contribution in [3.8, 4) is 5.75 Å². The van der Waals surface area contributed by atoms with Crippen LogP contribution in [0.3, 0.4) is 0 Å². The molecule has 0 saturated heterocycles. The summed E-state index contributed by atoms with van der Waals surface area (Å²) in [5.41, 5.74) is 2.40. The van der Waals surface area contributed by atoms with Gasteiger partial charge in [0.1, 0.15) is 5.75 Å². The second kappa shape index (κ2) is 9.84. The van der Waals surface area contributed by atoms with E-state index in [4.69, 9.17) is 4.74 Å². The molecule has 0 saturated carbocycles. The van der Waals surface area contributed by atoms with E-state index in [0.717, 1.165) is 5.56 Å². The molecule has 0 aliphatic rings. The Morgan fingerprint density at radius 3 is 2.28 bits per heavy atom. The summed E-state index contributed by atoms with van der Waals surface area (Å²) >= 11 is 0. The maximum Gasteiger partial charge on any atom is 0.264 e. The zero-order valence-electron chi connectivity index (χ0n) is 18.6. The van der Waals surface area contributed by atoms with Crippen molar-refractivity contribution in [2.45, 2.75) is 11.4 Å². The normalized spacial score (nSPS) is 11.3. The van der Waals surface area contributed by atoms with Gasteiger partial charge in [-0.1, -0.05) is 24.3 Å². The number of carbonyl (C=O) groups excluding carboxylic acids is 1. The summed E-state index contributed by atoms with van der Waals surface area (Å²) in [6.07, 6.45) is 0. The van der Waals surface area contributed by atoms with Crippen molar-refractivity contribution < 1.29 is 17.9 Å². The van der Waals surface area contributed by atoms with Gasteiger partial charge in [-0.3, -0.25) is 9.10 Å². The first kappa shape index (κ1) is 23.3. The minimum absolute atomic E-state index is 0.0324. The maximum absolute atomic E-state index is 13.2. The van der Waals surface area contributed by atoms with Crippen molar-refractivity contribution in [1.82, 2.24) is 4.90 Å². The number of nitrogens with zero attached hydrogens (tertiary/aromatic N) is 2. The van der Waals surface area contributed by atoms with Gasteiger partial charge < -0.3 is 15.0 Å². The smallest absolute Gasteiger partial charge is 0.264 e. The predicted molar refractivity (Wildman–Crippen MR) is 127 cm³/mol. The molecule has 0 aliphatic heterocycles. The van der Waals surface area contributed by atoms with Gasteiger partial charge in [0, 0.05) is 24.8 Å². The Labute approximate surface area is 189 Å². The number of amides is 1. The molecule has 0 unspecified atom stereocenters. The van der Waals surface area contributed by atoms with Crippen LogP contribution in [0.2, 0.25) is 0 Å². The Morgan fingerprint density at radius 2 is 1.62 bits per heavy atom. The number of carbonyl (C=O) groups is 1. The average Bonchev–Trinajstić information content (AvgIpc) is 2.79. The molecule has 3 rings (SSSR count). The summed E-state index contributed by atoms with van der Waals surface area (Å²) in [5, 5.41) is 2.90. The van der Waals surface area contributed by atoms with E-state index in [9.17, 15) is 13.2 Å². The van der Waals surface area contributed by atoms with Gasteiger partial charge in [-0.05, 0) is 68.2 Å². The van der Waals surface area contributed by atoms with Gasteiger partial charge in [-0.25, -0.2) is 8.42 Å². The number of hydrogen-bond acceptors (Lipinski definition) is 5. The molecule has 1 N–H and O–H groups in total. The summed E-state index contributed by atoms with van der Waals surface area (Å²) < 4.78 is 32.6. The van der Waals surface area contributed by atoms with E-state index in [1.807, 2.05) is 43.3 Å². The standard InChI is InChI=1S/C24H27N3O4S/c1-26(2)17-19-8-5-6-11-23(19)25-24(28)18-9-7-10-22(16-18)32(29,30)27(3)20-12-14-21(31-4)15-13-20/h5-16H,17H2,1-4H3,(H,25,28). The Balaban J connectivity index is 1.85. The van der Waals surface area contributed by atoms with Crippen LogP contribution in [0.5, 0.6) is 5.75 Å². The van der Waals surface area contributed by atoms with E-state index in [-0.39, 0.29) is 16.4 Å². The molecule has 0 atom stereocenters. The average molecular weight is 454 g/mol. The van der Waals surface area contributed by atoms with Crippen LogP contribution in [-0.2, 0) is 16.6 Å². The number of ether oxygens (including phenoxy) is 1. The van der Waals surface area contributed by atoms with E-state index in [0.29, 0.717) is 23.7 Å². The highest BCUT2D eigenvalue weighted by Crippen LogP contribution is 2.25. The number of benzene rings is 3. The number of para-hydroxylation sites is 1. The minimum atomic E-state index is -3.86. The molecule has 0 bridgehead atoms. The minimum Gasteiger partial charge on any atom is -0.497 e. The van der Waals surface area contributed by atoms with Crippen molar-refractivity contribution >= 4 is 27.3 Å². The van der Waals surface area contributed by atoms with E-state index in [1.54, 1.807) is 43.5 Å². The van der Waals surface area contributed by atoms with Crippen molar-refractivity contribution in [3.63, 3.8) is 0 Å². The lowest BCUT2D eigenvalue weighted by Crippen LogP contribution is -2.27. The summed E-state index contributed by atoms with van der Waals surface area (Å²) in [4.78, 5) is 14.9. The number of sulfonamides is 1. The first-order valence-electron chi connectivity index (χ1n) is 9.99. The van der Waals surface area contributed by atoms with Gasteiger partial charge in [-0.2, -0.15) is 0 Å². The van der Waals surface area contributed by atoms with Crippen molar-refractivity contribution in [3.05, 3.63) is 83.9 Å². The van der Waals surface area contributed by atoms with Crippen molar-refractivity contribution in [1.29, 1.82) is 0 Å². The highest BCUT2D eigenvalue weighted by atomic mass is 32.2. The van der Waals surface area contributed by atoms with Crippen LogP contribution in [0.15, 0.2) is 77.7 Å². The third-order valence-electron chi connectivity index (χ3n) is 4.94. The van der Waals surface area contributed by atoms with Crippen LogP contribution >= 0.6 is 0 Å². The molecule has 0 aromatic heterocycles. The largest absolute Gasteiger partial charge is 0.497 e. The Hall–Kier alpha value is -3.36. The Bertz CT molecular complexity index is 1190. The highest BCUT2D eigenvalue weighted by molar-refractivity contribution is 7.92. The molecular weight excluding hydrogens is 426 g/mol. The number of rotatable bonds is 8. The first-order chi connectivity index (χ1) is 15.2. The summed E-state index contributed by atoms with van der Waals surface area (Å²) in [5.74, 6) is 0.258. The zero-order chi connectivity index (χ0) is 23.3. The van der Waals surface area contributed by atoms with E-state index >= 15 is 0 Å². The molecule has 1 amide bonds. The van der Waals surface area contributed by atoms with Crippen molar-refractivity contribution in [2.75, 3.05) is 37.9 Å². The van der Waals surface area contributed by atoms with Crippen LogP contribution in [0.1, 0.15) is 15.9 Å². The fraction of sp³-hybridized carbons (Fsp3) is 0.208. The number of methoxy groups -OCH3 is 1. The topological polar surface area (TPSA) is 78.9 Å². The quantitative estimate of drug-likeness (QED) is 0.561. The van der Waals surface area contributed by atoms with E-state index < -0.39 is 10.0 Å². The predicted octanol–water partition coefficient (Wildman–Crippen LogP) is 3.83. The highest BCUT2D eigenvalue weighted by Gasteiger charge is 2.23. The fourth-order valence-electron chi connectivity index (χ4n) is 3.20. The monoisotopic (exact) mass is 453 g/mol. The lowest BCUT2D eigenvalue weighted by Gasteiger charge is -2.20. The third kappa shape index (κ3) is 5.27. The lowest BCUT2D eigenvalue weighted by molar-refractivity contribution is 0.102. The Morgan fingerprint density at radius 1 is 0.938 bits per heavy atom. The van der Waals surface area contributed by atoms with Crippen LogP contribution in [0, 0.1) is 0 Å². The summed E-state index contributed by atoms with van der Waals surface area (Å²) in [6.45, 7) is 0.664. The van der Waals surface area contributed by atoms with E-state index in [2.05, 4.69) is 5.32 Å². The number of anilines is 2. The second-order valence-corrected chi connectivity index (χ2v) is 9.52. The van der Waals surface area contributed by atoms with Gasteiger partial charge in [0.25, 0.3) is 15.9 Å². The molecule has 32 heavy (non-hydrogen) atoms. The third-order valence-corrected chi connectivity index (χ3v) is 6.72. The van der Waals surface area contributed by atoms with Gasteiger partial charge in [0.15, 0.2) is 0 Å². The first-order valence-corrected chi connectivity index (χ1v) is 11.4. The molecular formula is C24H27N3O4S. The Kier molecular flexibility index (Phi) is 7.17. The van der Waals surface area contributed by atoms with Gasteiger partial charge in [0.05, 0.1) is 17.7 Å². The number of hydrogen-bond donors (Lipinski definition) is 1. The van der Waals surface area contributed by atoms with E-state index in [1.165, 1.54) is 23.5 Å². The van der Waals surface area contributed by atoms with Gasteiger partial charge in [-0.15, -0.1) is 0 Å². The molecule has 3 aromatic rings. The van der Waals surface area contributed by atoms with Crippen LogP contribution in [-0.4, -0.2) is 47.5 Å². The SMILES string of the molecule is COc1ccc(N(C)S(=O)(=O)c2cccc(C(=O)Nc3ccccc3CN(C)C)c2)cc1. The molecule has 0 radical (unpaired) electrons. The van der Waals surface area contributed by atoms with Gasteiger partial charge >= 0.3 is 0 Å². The lowest BCUT2D eigenvalue weighted by atomic mass is 10.1. The molecule has 0 heterocycles. The van der Waals surface area contributed by atoms with Gasteiger partial charge in [0.2, 0.25) is 0 Å². The molecule has 0 fully saturated rings. The van der Waals surface area contributed by atoms with Crippen molar-refractivity contribution in [2.24, 2.45) is 0 Å². The molecule has 7 nitrogen and oxygen atoms in total. The maximum atomic E-state index is 13.2. The van der Waals surface area contributed by atoms with Crippen LogP contribution < -0.4 is 14.4 Å². The number of nitrogens with one attached hydrogen (secondary N) is 1. The molecule has 8 heteroatoms. The van der Waals surface area contributed by atoms with Crippen LogP contribution in [0.25, 0.3) is 0 Å². The summed E-state index contributed by atoms with van der Waals surface area (Å²) in [6, 6.07) is 20.3. The fourth-order valence-corrected chi connectivity index (χ4v) is 4.44. The second-order valence-electron chi connectivity index (χ2n) is 7.55. The molecule has 0 aliphatic carbocycles.